The topological polar surface area (TPSA) is 136 Å². The Labute approximate surface area is 168 Å². The van der Waals surface area contributed by atoms with E-state index >= 15 is 0 Å². The summed E-state index contributed by atoms with van der Waals surface area (Å²) >= 11 is 0. The van der Waals surface area contributed by atoms with Crippen LogP contribution >= 0.6 is 0 Å². The molecule has 0 unspecified atom stereocenters. The van der Waals surface area contributed by atoms with Crippen molar-refractivity contribution >= 4 is 28.7 Å². The average molecular weight is 415 g/mol. The van der Waals surface area contributed by atoms with Crippen LogP contribution in [0.3, 0.4) is 0 Å². The molecule has 0 aliphatic carbocycles. The van der Waals surface area contributed by atoms with Gasteiger partial charge in [-0.3, -0.25) is 23.5 Å². The molecule has 3 aromatic rings. The fourth-order valence-corrected chi connectivity index (χ4v) is 3.02. The van der Waals surface area contributed by atoms with Gasteiger partial charge in [0.15, 0.2) is 29.3 Å². The summed E-state index contributed by atoms with van der Waals surface area (Å²) in [6, 6.07) is 4.88. The van der Waals surface area contributed by atoms with Crippen molar-refractivity contribution in [1.82, 2.24) is 18.7 Å². The Kier molecular flexibility index (Phi) is 4.74. The number of esters is 1. The number of carbonyl (C=O) groups is 2. The zero-order chi connectivity index (χ0) is 21.4. The monoisotopic (exact) mass is 415 g/mol. The maximum atomic E-state index is 12.4. The van der Waals surface area contributed by atoms with Gasteiger partial charge in [0.2, 0.25) is 6.79 Å². The van der Waals surface area contributed by atoms with Crippen LogP contribution in [0.25, 0.3) is 11.2 Å². The van der Waals surface area contributed by atoms with Gasteiger partial charge in [-0.1, -0.05) is 0 Å². The van der Waals surface area contributed by atoms with Crippen LogP contribution in [-0.2, 0) is 35.0 Å². The molecule has 0 radical (unpaired) electrons. The normalized spacial score (nSPS) is 12.2. The minimum absolute atomic E-state index is 0.0846. The summed E-state index contributed by atoms with van der Waals surface area (Å²) in [6.07, 6.45) is 1.26. The molecule has 0 bridgehead atoms. The number of nitrogens with zero attached hydrogens (tertiary/aromatic N) is 4. The minimum atomic E-state index is -0.744. The number of ether oxygens (including phenoxy) is 3. The third kappa shape index (κ3) is 3.38. The summed E-state index contributed by atoms with van der Waals surface area (Å²) in [7, 11) is 2.81. The highest BCUT2D eigenvalue weighted by atomic mass is 16.7. The molecule has 12 heteroatoms. The van der Waals surface area contributed by atoms with Crippen molar-refractivity contribution in [3.63, 3.8) is 0 Å². The van der Waals surface area contributed by atoms with E-state index in [1.807, 2.05) is 0 Å². The number of fused-ring (bicyclic) bond motifs is 2. The number of hydrogen-bond acceptors (Lipinski definition) is 8. The number of anilines is 1. The van der Waals surface area contributed by atoms with Crippen molar-refractivity contribution in [2.75, 3.05) is 18.7 Å². The molecule has 0 saturated heterocycles. The molecule has 0 saturated carbocycles. The number of amides is 1. The Morgan fingerprint density at radius 3 is 2.73 bits per heavy atom. The Balaban J connectivity index is 1.40. The molecule has 1 aliphatic rings. The van der Waals surface area contributed by atoms with Gasteiger partial charge in [0.1, 0.15) is 6.54 Å². The van der Waals surface area contributed by atoms with Gasteiger partial charge >= 0.3 is 11.7 Å². The predicted octanol–water partition coefficient (Wildman–Crippen LogP) is -0.656. The molecule has 30 heavy (non-hydrogen) atoms. The zero-order valence-electron chi connectivity index (χ0n) is 16.1. The van der Waals surface area contributed by atoms with Crippen LogP contribution in [0.5, 0.6) is 11.5 Å². The number of imidazole rings is 1. The van der Waals surface area contributed by atoms with Crippen molar-refractivity contribution in [1.29, 1.82) is 0 Å². The lowest BCUT2D eigenvalue weighted by atomic mass is 10.3. The second-order valence-corrected chi connectivity index (χ2v) is 6.53. The van der Waals surface area contributed by atoms with Gasteiger partial charge in [0.25, 0.3) is 11.5 Å². The molecule has 156 valence electrons. The van der Waals surface area contributed by atoms with Crippen molar-refractivity contribution < 1.29 is 23.8 Å². The van der Waals surface area contributed by atoms with Gasteiger partial charge in [0, 0.05) is 25.8 Å². The minimum Gasteiger partial charge on any atom is -0.454 e. The first-order chi connectivity index (χ1) is 14.3. The van der Waals surface area contributed by atoms with Crippen molar-refractivity contribution in [3.05, 3.63) is 45.4 Å². The van der Waals surface area contributed by atoms with E-state index < -0.39 is 29.7 Å². The summed E-state index contributed by atoms with van der Waals surface area (Å²) < 4.78 is 18.8. The van der Waals surface area contributed by atoms with Crippen LogP contribution in [0.15, 0.2) is 34.1 Å². The zero-order valence-corrected chi connectivity index (χ0v) is 16.1. The van der Waals surface area contributed by atoms with E-state index in [9.17, 15) is 19.2 Å². The van der Waals surface area contributed by atoms with Crippen molar-refractivity contribution in [2.24, 2.45) is 14.1 Å². The molecule has 1 aromatic carbocycles. The smallest absolute Gasteiger partial charge is 0.332 e. The highest BCUT2D eigenvalue weighted by Gasteiger charge is 2.18. The van der Waals surface area contributed by atoms with Crippen LogP contribution in [0.4, 0.5) is 5.69 Å². The quantitative estimate of drug-likeness (QED) is 0.543. The van der Waals surface area contributed by atoms with E-state index in [0.717, 1.165) is 4.57 Å². The van der Waals surface area contributed by atoms with Gasteiger partial charge < -0.3 is 24.1 Å². The SMILES string of the molecule is Cn1c(=O)c2c(ncn2CC(=O)OCC(=O)Nc2ccc3c(c2)OCO3)n(C)c1=O. The van der Waals surface area contributed by atoms with Gasteiger partial charge in [-0.15, -0.1) is 0 Å². The lowest BCUT2D eigenvalue weighted by molar-refractivity contribution is -0.147. The highest BCUT2D eigenvalue weighted by Crippen LogP contribution is 2.34. The first kappa shape index (κ1) is 19.2. The summed E-state index contributed by atoms with van der Waals surface area (Å²) in [4.78, 5) is 52.5. The fourth-order valence-electron chi connectivity index (χ4n) is 3.02. The number of rotatable bonds is 5. The number of nitrogens with one attached hydrogen (secondary N) is 1. The van der Waals surface area contributed by atoms with E-state index in [1.54, 1.807) is 18.2 Å². The first-order valence-corrected chi connectivity index (χ1v) is 8.81. The molecule has 0 spiro atoms. The third-order valence-corrected chi connectivity index (χ3v) is 4.54. The number of carbonyl (C=O) groups excluding carboxylic acids is 2. The molecule has 1 amide bonds. The van der Waals surface area contributed by atoms with E-state index in [2.05, 4.69) is 10.3 Å². The van der Waals surface area contributed by atoms with Gasteiger partial charge in [-0.05, 0) is 12.1 Å². The Morgan fingerprint density at radius 1 is 1.17 bits per heavy atom. The fraction of sp³-hybridized carbons (Fsp3) is 0.278. The Bertz CT molecular complexity index is 1290. The average Bonchev–Trinajstić information content (AvgIpc) is 3.36. The van der Waals surface area contributed by atoms with Gasteiger partial charge in [-0.25, -0.2) is 9.78 Å². The third-order valence-electron chi connectivity index (χ3n) is 4.54. The lowest BCUT2D eigenvalue weighted by Crippen LogP contribution is -2.37. The maximum Gasteiger partial charge on any atom is 0.332 e. The van der Waals surface area contributed by atoms with E-state index in [1.165, 1.54) is 29.6 Å². The van der Waals surface area contributed by atoms with E-state index in [0.29, 0.717) is 17.2 Å². The van der Waals surface area contributed by atoms with Gasteiger partial charge in [-0.2, -0.15) is 0 Å². The van der Waals surface area contributed by atoms with Crippen LogP contribution in [0.2, 0.25) is 0 Å². The van der Waals surface area contributed by atoms with E-state index in [4.69, 9.17) is 14.2 Å². The second kappa shape index (κ2) is 7.39. The lowest BCUT2D eigenvalue weighted by Gasteiger charge is -2.08. The van der Waals surface area contributed by atoms with Crippen molar-refractivity contribution in [3.8, 4) is 11.5 Å². The molecule has 12 nitrogen and oxygen atoms in total. The highest BCUT2D eigenvalue weighted by molar-refractivity contribution is 5.93. The largest absolute Gasteiger partial charge is 0.454 e. The Hall–Kier alpha value is -4.09. The molecule has 2 aromatic heterocycles. The maximum absolute atomic E-state index is 12.4. The summed E-state index contributed by atoms with van der Waals surface area (Å²) in [5.74, 6) is -0.203. The van der Waals surface area contributed by atoms with Crippen LogP contribution in [0.1, 0.15) is 0 Å². The number of benzene rings is 1. The number of aryl methyl sites for hydroxylation is 1. The van der Waals surface area contributed by atoms with Crippen LogP contribution in [-0.4, -0.2) is 44.0 Å². The molecule has 3 heterocycles. The van der Waals surface area contributed by atoms with Crippen LogP contribution < -0.4 is 26.0 Å². The summed E-state index contributed by atoms with van der Waals surface area (Å²) in [5, 5.41) is 2.58. The predicted molar refractivity (Wildman–Crippen MR) is 102 cm³/mol. The molecule has 0 fully saturated rings. The number of hydrogen-bond donors (Lipinski definition) is 1. The Morgan fingerprint density at radius 2 is 1.93 bits per heavy atom. The first-order valence-electron chi connectivity index (χ1n) is 8.81. The molecular weight excluding hydrogens is 398 g/mol. The van der Waals surface area contributed by atoms with Crippen LogP contribution in [0, 0.1) is 0 Å². The molecule has 0 atom stereocenters. The summed E-state index contributed by atoms with van der Waals surface area (Å²) in [6.45, 7) is -0.748. The summed E-state index contributed by atoms with van der Waals surface area (Å²) in [5.41, 5.74) is -0.414. The molecule has 1 aliphatic heterocycles. The van der Waals surface area contributed by atoms with Gasteiger partial charge in [0.05, 0.1) is 6.33 Å². The second-order valence-electron chi connectivity index (χ2n) is 6.53. The molecular formula is C18H17N5O7. The van der Waals surface area contributed by atoms with Crippen molar-refractivity contribution in [2.45, 2.75) is 6.54 Å². The number of aromatic nitrogens is 4. The molecule has 4 rings (SSSR count). The standard InChI is InChI=1S/C18H17N5O7/c1-21-16-15(17(26)22(2)18(21)27)23(8-19-16)6-14(25)28-7-13(24)20-10-3-4-11-12(5-10)30-9-29-11/h3-5,8H,6-7,9H2,1-2H3,(H,20,24). The van der Waals surface area contributed by atoms with E-state index in [-0.39, 0.29) is 24.5 Å². The molecule has 1 N–H and O–H groups in total.